The Labute approximate surface area is 79.4 Å². The second-order valence-corrected chi connectivity index (χ2v) is 4.28. The van der Waals surface area contributed by atoms with Crippen molar-refractivity contribution in [3.63, 3.8) is 0 Å². The number of hydrogen-bond acceptors (Lipinski definition) is 1. The molecule has 0 aromatic heterocycles. The molecule has 0 amide bonds. The van der Waals surface area contributed by atoms with E-state index in [1.54, 1.807) is 0 Å². The zero-order chi connectivity index (χ0) is 8.97. The Morgan fingerprint density at radius 3 is 2.50 bits per heavy atom. The Balaban J connectivity index is 2.90. The average molecular weight is 180 g/mol. The van der Waals surface area contributed by atoms with Crippen LogP contribution in [0.1, 0.15) is 25.0 Å². The molecule has 0 bridgehead atoms. The molecule has 0 heterocycles. The Bertz CT molecular complexity index is 253. The fraction of sp³-hybridized carbons (Fsp3) is 0.455. The molecule has 0 unspecified atom stereocenters. The first-order valence-corrected chi connectivity index (χ1v) is 5.48. The van der Waals surface area contributed by atoms with Gasteiger partial charge in [0.25, 0.3) is 0 Å². The van der Waals surface area contributed by atoms with Gasteiger partial charge in [-0.15, -0.1) is 11.8 Å². The second-order valence-electron chi connectivity index (χ2n) is 2.94. The molecule has 0 spiro atoms. The molecule has 0 aliphatic heterocycles. The molecule has 0 nitrogen and oxygen atoms in total. The van der Waals surface area contributed by atoms with Crippen LogP contribution in [0.5, 0.6) is 0 Å². The van der Waals surface area contributed by atoms with Crippen molar-refractivity contribution in [3.05, 3.63) is 29.3 Å². The van der Waals surface area contributed by atoms with E-state index in [2.05, 4.69) is 39.0 Å². The van der Waals surface area contributed by atoms with E-state index in [-0.39, 0.29) is 0 Å². The van der Waals surface area contributed by atoms with E-state index >= 15 is 0 Å². The Morgan fingerprint density at radius 2 is 1.92 bits per heavy atom. The van der Waals surface area contributed by atoms with Gasteiger partial charge in [-0.05, 0) is 42.4 Å². The molecule has 0 fully saturated rings. The minimum absolute atomic E-state index is 1.14. The molecule has 0 radical (unpaired) electrons. The molecule has 1 aromatic rings. The van der Waals surface area contributed by atoms with E-state index in [0.29, 0.717) is 0 Å². The largest absolute Gasteiger partial charge is 0.126 e. The molecule has 0 N–H and O–H groups in total. The van der Waals surface area contributed by atoms with Gasteiger partial charge in [0, 0.05) is 4.90 Å². The van der Waals surface area contributed by atoms with Gasteiger partial charge in [-0.2, -0.15) is 0 Å². The third-order valence-corrected chi connectivity index (χ3v) is 2.69. The summed E-state index contributed by atoms with van der Waals surface area (Å²) in [6.07, 6.45) is 1.14. The number of hydrogen-bond donors (Lipinski definition) is 0. The second kappa shape index (κ2) is 4.56. The van der Waals surface area contributed by atoms with Crippen molar-refractivity contribution >= 4 is 11.8 Å². The van der Waals surface area contributed by atoms with Gasteiger partial charge in [-0.25, -0.2) is 0 Å². The minimum Gasteiger partial charge on any atom is -0.126 e. The molecule has 0 saturated heterocycles. The van der Waals surface area contributed by atoms with Crippen LogP contribution in [0.4, 0.5) is 0 Å². The maximum absolute atomic E-state index is 2.29. The van der Waals surface area contributed by atoms with Crippen molar-refractivity contribution in [1.82, 2.24) is 0 Å². The summed E-state index contributed by atoms with van der Waals surface area (Å²) in [6.45, 7) is 6.56. The SMILES string of the molecule is CCSc1cc(C)cc(CC)c1. The van der Waals surface area contributed by atoms with Crippen LogP contribution < -0.4 is 0 Å². The fourth-order valence-electron chi connectivity index (χ4n) is 1.28. The van der Waals surface area contributed by atoms with Gasteiger partial charge in [0.1, 0.15) is 0 Å². The van der Waals surface area contributed by atoms with Crippen LogP contribution in [0.2, 0.25) is 0 Å². The highest BCUT2D eigenvalue weighted by Crippen LogP contribution is 2.20. The average Bonchev–Trinajstić information content (AvgIpc) is 2.04. The number of benzene rings is 1. The Hall–Kier alpha value is -0.430. The lowest BCUT2D eigenvalue weighted by Gasteiger charge is -2.03. The first-order chi connectivity index (χ1) is 5.76. The first kappa shape index (κ1) is 9.66. The zero-order valence-electron chi connectivity index (χ0n) is 8.05. The van der Waals surface area contributed by atoms with Crippen LogP contribution in [0.15, 0.2) is 23.1 Å². The predicted octanol–water partition coefficient (Wildman–Crippen LogP) is 3.67. The highest BCUT2D eigenvalue weighted by molar-refractivity contribution is 7.99. The molecule has 0 saturated carbocycles. The maximum Gasteiger partial charge on any atom is 0.00772 e. The van der Waals surface area contributed by atoms with Crippen molar-refractivity contribution in [1.29, 1.82) is 0 Å². The summed E-state index contributed by atoms with van der Waals surface area (Å²) in [5.74, 6) is 1.16. The van der Waals surface area contributed by atoms with E-state index < -0.39 is 0 Å². The normalized spacial score (nSPS) is 10.2. The topological polar surface area (TPSA) is 0 Å². The lowest BCUT2D eigenvalue weighted by Crippen LogP contribution is -1.84. The summed E-state index contributed by atoms with van der Waals surface area (Å²) < 4.78 is 0. The van der Waals surface area contributed by atoms with E-state index in [4.69, 9.17) is 0 Å². The van der Waals surface area contributed by atoms with E-state index in [9.17, 15) is 0 Å². The molecule has 0 aliphatic rings. The van der Waals surface area contributed by atoms with Gasteiger partial charge in [-0.1, -0.05) is 19.9 Å². The van der Waals surface area contributed by atoms with Crippen LogP contribution in [0.25, 0.3) is 0 Å². The number of thioether (sulfide) groups is 1. The smallest absolute Gasteiger partial charge is 0.00772 e. The monoisotopic (exact) mass is 180 g/mol. The summed E-state index contributed by atoms with van der Waals surface area (Å²) in [4.78, 5) is 1.41. The van der Waals surface area contributed by atoms with Crippen LogP contribution in [0.3, 0.4) is 0 Å². The van der Waals surface area contributed by atoms with Crippen LogP contribution >= 0.6 is 11.8 Å². The summed E-state index contributed by atoms with van der Waals surface area (Å²) in [6, 6.07) is 6.81. The number of aryl methyl sites for hydroxylation is 2. The van der Waals surface area contributed by atoms with Gasteiger partial charge in [-0.3, -0.25) is 0 Å². The highest BCUT2D eigenvalue weighted by atomic mass is 32.2. The molecule has 0 atom stereocenters. The maximum atomic E-state index is 2.29. The molecular weight excluding hydrogens is 164 g/mol. The molecule has 12 heavy (non-hydrogen) atoms. The summed E-state index contributed by atoms with van der Waals surface area (Å²) in [7, 11) is 0. The van der Waals surface area contributed by atoms with E-state index in [0.717, 1.165) is 12.2 Å². The van der Waals surface area contributed by atoms with Crippen LogP contribution in [-0.4, -0.2) is 5.75 Å². The predicted molar refractivity (Wildman–Crippen MR) is 57.0 cm³/mol. The lowest BCUT2D eigenvalue weighted by atomic mass is 10.1. The third kappa shape index (κ3) is 2.56. The minimum atomic E-state index is 1.14. The molecule has 1 rings (SSSR count). The molecule has 1 heteroatoms. The van der Waals surface area contributed by atoms with Gasteiger partial charge >= 0.3 is 0 Å². The van der Waals surface area contributed by atoms with Crippen molar-refractivity contribution in [2.24, 2.45) is 0 Å². The van der Waals surface area contributed by atoms with E-state index in [1.807, 2.05) is 11.8 Å². The van der Waals surface area contributed by atoms with Gasteiger partial charge in [0.05, 0.1) is 0 Å². The lowest BCUT2D eigenvalue weighted by molar-refractivity contribution is 1.11. The standard InChI is InChI=1S/C11H16S/c1-4-10-6-9(3)7-11(8-10)12-5-2/h6-8H,4-5H2,1-3H3. The van der Waals surface area contributed by atoms with Gasteiger partial charge < -0.3 is 0 Å². The number of rotatable bonds is 3. The molecule has 0 aliphatic carbocycles. The highest BCUT2D eigenvalue weighted by Gasteiger charge is 1.96. The quantitative estimate of drug-likeness (QED) is 0.640. The zero-order valence-corrected chi connectivity index (χ0v) is 8.87. The molecule has 66 valence electrons. The van der Waals surface area contributed by atoms with Gasteiger partial charge in [0.15, 0.2) is 0 Å². The third-order valence-electron chi connectivity index (χ3n) is 1.83. The van der Waals surface area contributed by atoms with Crippen molar-refractivity contribution in [2.45, 2.75) is 32.1 Å². The van der Waals surface area contributed by atoms with Crippen molar-refractivity contribution in [2.75, 3.05) is 5.75 Å². The van der Waals surface area contributed by atoms with Gasteiger partial charge in [0.2, 0.25) is 0 Å². The molecular formula is C11H16S. The summed E-state index contributed by atoms with van der Waals surface area (Å²) in [5.41, 5.74) is 2.83. The van der Waals surface area contributed by atoms with Crippen molar-refractivity contribution in [3.8, 4) is 0 Å². The van der Waals surface area contributed by atoms with E-state index in [1.165, 1.54) is 16.0 Å². The van der Waals surface area contributed by atoms with Crippen molar-refractivity contribution < 1.29 is 0 Å². The van der Waals surface area contributed by atoms with Crippen LogP contribution in [-0.2, 0) is 6.42 Å². The summed E-state index contributed by atoms with van der Waals surface area (Å²) in [5, 5.41) is 0. The molecule has 1 aromatic carbocycles. The Morgan fingerprint density at radius 1 is 1.17 bits per heavy atom. The summed E-state index contributed by atoms with van der Waals surface area (Å²) >= 11 is 1.92. The fourth-order valence-corrected chi connectivity index (χ4v) is 2.12. The first-order valence-electron chi connectivity index (χ1n) is 4.49. The van der Waals surface area contributed by atoms with Crippen LogP contribution in [0, 0.1) is 6.92 Å². The Kier molecular flexibility index (Phi) is 3.67.